The Hall–Kier alpha value is -3.19. The van der Waals surface area contributed by atoms with Crippen molar-refractivity contribution in [1.29, 1.82) is 0 Å². The molecule has 0 unspecified atom stereocenters. The van der Waals surface area contributed by atoms with Crippen molar-refractivity contribution in [3.05, 3.63) is 59.4 Å². The first kappa shape index (κ1) is 17.2. The lowest BCUT2D eigenvalue weighted by molar-refractivity contribution is 0.171. The molecule has 138 valence electrons. The van der Waals surface area contributed by atoms with E-state index in [2.05, 4.69) is 20.6 Å². The van der Waals surface area contributed by atoms with E-state index < -0.39 is 0 Å². The summed E-state index contributed by atoms with van der Waals surface area (Å²) >= 11 is 6.19. The number of hydrogen-bond acceptors (Lipinski definition) is 7. The molecule has 0 atom stereocenters. The molecule has 0 aliphatic carbocycles. The van der Waals surface area contributed by atoms with E-state index in [-0.39, 0.29) is 0 Å². The summed E-state index contributed by atoms with van der Waals surface area (Å²) in [6.45, 7) is 1.59. The second kappa shape index (κ2) is 7.59. The number of hydrogen-bond donors (Lipinski definition) is 3. The minimum atomic E-state index is 0.416. The van der Waals surface area contributed by atoms with E-state index in [0.29, 0.717) is 47.9 Å². The van der Waals surface area contributed by atoms with Crippen LogP contribution in [0.15, 0.2) is 48.8 Å². The molecule has 4 rings (SSSR count). The summed E-state index contributed by atoms with van der Waals surface area (Å²) in [6, 6.07) is 13.2. The Morgan fingerprint density at radius 3 is 2.63 bits per heavy atom. The molecule has 27 heavy (non-hydrogen) atoms. The first-order chi connectivity index (χ1) is 13.2. The van der Waals surface area contributed by atoms with Crippen molar-refractivity contribution in [2.45, 2.75) is 6.54 Å². The van der Waals surface area contributed by atoms with Crippen molar-refractivity contribution in [3.63, 3.8) is 0 Å². The number of nitrogens with one attached hydrogen (secondary N) is 2. The highest BCUT2D eigenvalue weighted by Crippen LogP contribution is 2.34. The van der Waals surface area contributed by atoms with Crippen molar-refractivity contribution in [3.8, 4) is 11.5 Å². The molecule has 7 nitrogen and oxygen atoms in total. The molecule has 0 saturated heterocycles. The number of nitrogens with two attached hydrogens (primary N) is 1. The SMILES string of the molecule is Nc1c(NCc2ccccc2Cl)ncnc1Nc1ccc2c(c1)OCCO2. The number of fused-ring (bicyclic) bond motifs is 1. The van der Waals surface area contributed by atoms with Crippen LogP contribution in [0.1, 0.15) is 5.56 Å². The second-order valence-electron chi connectivity index (χ2n) is 5.91. The molecule has 2 aromatic carbocycles. The molecule has 2 heterocycles. The van der Waals surface area contributed by atoms with Gasteiger partial charge in [0.25, 0.3) is 0 Å². The van der Waals surface area contributed by atoms with Crippen LogP contribution < -0.4 is 25.8 Å². The van der Waals surface area contributed by atoms with Crippen LogP contribution in [0.4, 0.5) is 23.0 Å². The van der Waals surface area contributed by atoms with Gasteiger partial charge in [0.1, 0.15) is 25.2 Å². The zero-order valence-corrected chi connectivity index (χ0v) is 15.2. The zero-order valence-electron chi connectivity index (χ0n) is 14.4. The Bertz CT molecular complexity index is 967. The van der Waals surface area contributed by atoms with Gasteiger partial charge in [-0.15, -0.1) is 0 Å². The molecule has 1 aromatic heterocycles. The van der Waals surface area contributed by atoms with Gasteiger partial charge < -0.3 is 25.8 Å². The number of anilines is 4. The fourth-order valence-electron chi connectivity index (χ4n) is 2.71. The van der Waals surface area contributed by atoms with Crippen molar-refractivity contribution < 1.29 is 9.47 Å². The van der Waals surface area contributed by atoms with Gasteiger partial charge in [-0.3, -0.25) is 0 Å². The molecule has 0 spiro atoms. The second-order valence-corrected chi connectivity index (χ2v) is 6.32. The van der Waals surface area contributed by atoms with E-state index in [1.807, 2.05) is 42.5 Å². The summed E-state index contributed by atoms with van der Waals surface area (Å²) in [4.78, 5) is 8.45. The Balaban J connectivity index is 1.51. The van der Waals surface area contributed by atoms with Gasteiger partial charge in [-0.1, -0.05) is 29.8 Å². The summed E-state index contributed by atoms with van der Waals surface area (Å²) in [5.74, 6) is 2.45. The number of halogens is 1. The normalized spacial score (nSPS) is 12.5. The highest BCUT2D eigenvalue weighted by atomic mass is 35.5. The first-order valence-corrected chi connectivity index (χ1v) is 8.83. The zero-order chi connectivity index (χ0) is 18.6. The molecule has 8 heteroatoms. The van der Waals surface area contributed by atoms with Crippen molar-refractivity contribution in [2.24, 2.45) is 0 Å². The molecule has 0 radical (unpaired) electrons. The van der Waals surface area contributed by atoms with Gasteiger partial charge in [0.2, 0.25) is 0 Å². The van der Waals surface area contributed by atoms with E-state index in [4.69, 9.17) is 26.8 Å². The minimum Gasteiger partial charge on any atom is -0.486 e. The molecule has 0 bridgehead atoms. The fourth-order valence-corrected chi connectivity index (χ4v) is 2.92. The summed E-state index contributed by atoms with van der Waals surface area (Å²) in [5, 5.41) is 7.08. The number of nitrogens with zero attached hydrogens (tertiary/aromatic N) is 2. The third kappa shape index (κ3) is 3.83. The van der Waals surface area contributed by atoms with Gasteiger partial charge in [0.05, 0.1) is 0 Å². The lowest BCUT2D eigenvalue weighted by atomic mass is 10.2. The molecule has 0 fully saturated rings. The molecule has 0 amide bonds. The van der Waals surface area contributed by atoms with Gasteiger partial charge in [0.15, 0.2) is 23.1 Å². The standard InChI is InChI=1S/C19H18ClN5O2/c20-14-4-2-1-3-12(14)10-22-18-17(21)19(24-11-23-18)25-13-5-6-15-16(9-13)27-8-7-26-15/h1-6,9,11H,7-8,10,21H2,(H2,22,23,24,25). The lowest BCUT2D eigenvalue weighted by Gasteiger charge is -2.19. The topological polar surface area (TPSA) is 94.3 Å². The number of aromatic nitrogens is 2. The van der Waals surface area contributed by atoms with Gasteiger partial charge in [-0.05, 0) is 23.8 Å². The molecular weight excluding hydrogens is 366 g/mol. The molecular formula is C19H18ClN5O2. The van der Waals surface area contributed by atoms with Crippen molar-refractivity contribution >= 4 is 34.6 Å². The van der Waals surface area contributed by atoms with E-state index in [1.54, 1.807) is 0 Å². The highest BCUT2D eigenvalue weighted by Gasteiger charge is 2.14. The molecule has 3 aromatic rings. The van der Waals surface area contributed by atoms with Gasteiger partial charge >= 0.3 is 0 Å². The van der Waals surface area contributed by atoms with E-state index in [1.165, 1.54) is 6.33 Å². The summed E-state index contributed by atoms with van der Waals surface area (Å²) in [7, 11) is 0. The number of ether oxygens (including phenoxy) is 2. The molecule has 4 N–H and O–H groups in total. The lowest BCUT2D eigenvalue weighted by Crippen LogP contribution is -2.15. The van der Waals surface area contributed by atoms with E-state index in [0.717, 1.165) is 17.0 Å². The third-order valence-electron chi connectivity index (χ3n) is 4.09. The number of benzene rings is 2. The average Bonchev–Trinajstić information content (AvgIpc) is 2.70. The number of nitrogen functional groups attached to an aromatic ring is 1. The van der Waals surface area contributed by atoms with Crippen LogP contribution in [0, 0.1) is 0 Å². The largest absolute Gasteiger partial charge is 0.486 e. The van der Waals surface area contributed by atoms with Crippen LogP contribution in [0.2, 0.25) is 5.02 Å². The third-order valence-corrected chi connectivity index (χ3v) is 4.46. The van der Waals surface area contributed by atoms with Crippen molar-refractivity contribution in [2.75, 3.05) is 29.6 Å². The maximum absolute atomic E-state index is 6.23. The molecule has 1 aliphatic heterocycles. The highest BCUT2D eigenvalue weighted by molar-refractivity contribution is 6.31. The summed E-state index contributed by atoms with van der Waals surface area (Å²) in [5.41, 5.74) is 8.40. The molecule has 0 saturated carbocycles. The summed E-state index contributed by atoms with van der Waals surface area (Å²) < 4.78 is 11.1. The predicted molar refractivity (Wildman–Crippen MR) is 106 cm³/mol. The smallest absolute Gasteiger partial charge is 0.163 e. The van der Waals surface area contributed by atoms with Gasteiger partial charge in [-0.2, -0.15) is 0 Å². The van der Waals surface area contributed by atoms with Crippen LogP contribution in [-0.4, -0.2) is 23.2 Å². The van der Waals surface area contributed by atoms with Crippen LogP contribution in [0.5, 0.6) is 11.5 Å². The van der Waals surface area contributed by atoms with Gasteiger partial charge in [-0.25, -0.2) is 9.97 Å². The van der Waals surface area contributed by atoms with E-state index >= 15 is 0 Å². The maximum Gasteiger partial charge on any atom is 0.163 e. The Kier molecular flexibility index (Phi) is 4.84. The van der Waals surface area contributed by atoms with Crippen LogP contribution in [-0.2, 0) is 6.54 Å². The maximum atomic E-state index is 6.23. The summed E-state index contributed by atoms with van der Waals surface area (Å²) in [6.07, 6.45) is 1.45. The molecule has 1 aliphatic rings. The minimum absolute atomic E-state index is 0.416. The Morgan fingerprint density at radius 1 is 1.00 bits per heavy atom. The first-order valence-electron chi connectivity index (χ1n) is 8.45. The monoisotopic (exact) mass is 383 g/mol. The predicted octanol–water partition coefficient (Wildman–Crippen LogP) is 3.84. The van der Waals surface area contributed by atoms with Gasteiger partial charge in [0, 0.05) is 23.3 Å². The van der Waals surface area contributed by atoms with Crippen LogP contribution >= 0.6 is 11.6 Å². The quantitative estimate of drug-likeness (QED) is 0.616. The Labute approximate surface area is 161 Å². The van der Waals surface area contributed by atoms with Crippen LogP contribution in [0.3, 0.4) is 0 Å². The van der Waals surface area contributed by atoms with E-state index in [9.17, 15) is 0 Å². The number of rotatable bonds is 5. The fraction of sp³-hybridized carbons (Fsp3) is 0.158. The average molecular weight is 384 g/mol. The Morgan fingerprint density at radius 2 is 1.78 bits per heavy atom. The van der Waals surface area contributed by atoms with Crippen LogP contribution in [0.25, 0.3) is 0 Å². The van der Waals surface area contributed by atoms with Crippen molar-refractivity contribution in [1.82, 2.24) is 9.97 Å².